The molecule has 1 fully saturated rings. The Bertz CT molecular complexity index is 713. The Hall–Kier alpha value is -1.55. The normalized spacial score (nSPS) is 28.7. The number of nitrogens with zero attached hydrogens (tertiary/aromatic N) is 3. The van der Waals surface area contributed by atoms with Crippen molar-refractivity contribution in [1.82, 2.24) is 10.5 Å². The lowest BCUT2D eigenvalue weighted by atomic mass is 9.86. The highest BCUT2D eigenvalue weighted by Gasteiger charge is 2.65. The van der Waals surface area contributed by atoms with E-state index in [0.717, 1.165) is 27.5 Å². The van der Waals surface area contributed by atoms with Crippen molar-refractivity contribution < 1.29 is 9.95 Å². The Morgan fingerprint density at radius 2 is 2.29 bits per heavy atom. The highest BCUT2D eigenvalue weighted by Crippen LogP contribution is 2.42. The standard InChI is InChI=1S/C15H21N5O2S2/c1-14(2)12(10-6-5-9-24-10)19(21)15(20(14)22)8-4-3-7-11(15)17-18-13(16)23/h5-6,9,22H,3-4,7-8H2,1-2H3,(H3,16,18,23)/b17-11-/t15-/m1/s1. The summed E-state index contributed by atoms with van der Waals surface area (Å²) < 4.78 is 0.929. The van der Waals surface area contributed by atoms with Gasteiger partial charge in [0.1, 0.15) is 11.3 Å². The molecule has 0 amide bonds. The van der Waals surface area contributed by atoms with Crippen LogP contribution in [0.15, 0.2) is 22.6 Å². The van der Waals surface area contributed by atoms with Gasteiger partial charge in [-0.3, -0.25) is 5.43 Å². The minimum absolute atomic E-state index is 0.0323. The van der Waals surface area contributed by atoms with Gasteiger partial charge in [-0.15, -0.1) is 16.4 Å². The van der Waals surface area contributed by atoms with Gasteiger partial charge in [-0.1, -0.05) is 6.07 Å². The topological polar surface area (TPSA) is 100.0 Å². The monoisotopic (exact) mass is 367 g/mol. The number of hydroxylamine groups is 3. The van der Waals surface area contributed by atoms with Crippen molar-refractivity contribution in [2.45, 2.75) is 50.7 Å². The summed E-state index contributed by atoms with van der Waals surface area (Å²) in [5, 5.41) is 31.7. The molecule has 24 heavy (non-hydrogen) atoms. The number of hydrogen-bond acceptors (Lipinski definition) is 6. The van der Waals surface area contributed by atoms with Crippen LogP contribution in [0, 0.1) is 5.21 Å². The number of rotatable bonds is 2. The molecule has 1 aliphatic carbocycles. The predicted octanol–water partition coefficient (Wildman–Crippen LogP) is 1.99. The van der Waals surface area contributed by atoms with Gasteiger partial charge < -0.3 is 16.1 Å². The molecule has 0 aromatic carbocycles. The molecule has 130 valence electrons. The Kier molecular flexibility index (Phi) is 4.37. The summed E-state index contributed by atoms with van der Waals surface area (Å²) in [6.07, 6.45) is 2.81. The number of thiocarbonyl (C=S) groups is 1. The first-order valence-electron chi connectivity index (χ1n) is 7.82. The second-order valence-corrected chi connectivity index (χ2v) is 7.94. The van der Waals surface area contributed by atoms with E-state index in [-0.39, 0.29) is 5.11 Å². The molecule has 0 radical (unpaired) electrons. The smallest absolute Gasteiger partial charge is 0.292 e. The second kappa shape index (κ2) is 6.07. The number of nitrogens with one attached hydrogen (secondary N) is 1. The number of hydrogen-bond donors (Lipinski definition) is 3. The maximum atomic E-state index is 13.4. The molecule has 9 heteroatoms. The van der Waals surface area contributed by atoms with Gasteiger partial charge >= 0.3 is 0 Å². The third kappa shape index (κ3) is 2.43. The van der Waals surface area contributed by atoms with Crippen LogP contribution in [0.3, 0.4) is 0 Å². The summed E-state index contributed by atoms with van der Waals surface area (Å²) in [7, 11) is 0. The molecule has 0 unspecified atom stereocenters. The fourth-order valence-electron chi connectivity index (χ4n) is 3.62. The van der Waals surface area contributed by atoms with Crippen molar-refractivity contribution >= 4 is 40.1 Å². The van der Waals surface area contributed by atoms with Gasteiger partial charge in [0.25, 0.3) is 5.66 Å². The van der Waals surface area contributed by atoms with Crippen LogP contribution < -0.4 is 11.2 Å². The summed E-state index contributed by atoms with van der Waals surface area (Å²) in [6, 6.07) is 3.79. The molecule has 2 heterocycles. The molecule has 1 aliphatic heterocycles. The SMILES string of the molecule is CC1(C)C(c2cccs2)=[N+]([O-])[C@]2(CCCC/C2=N/NC(N)=S)N1O. The molecule has 1 atom stereocenters. The van der Waals surface area contributed by atoms with Crippen molar-refractivity contribution in [3.8, 4) is 0 Å². The minimum atomic E-state index is -1.22. The van der Waals surface area contributed by atoms with Crippen molar-refractivity contribution in [3.63, 3.8) is 0 Å². The van der Waals surface area contributed by atoms with Crippen LogP contribution in [0.2, 0.25) is 0 Å². The van der Waals surface area contributed by atoms with Crippen molar-refractivity contribution in [2.24, 2.45) is 10.8 Å². The highest BCUT2D eigenvalue weighted by molar-refractivity contribution is 7.80. The summed E-state index contributed by atoms with van der Waals surface area (Å²) in [4.78, 5) is 0.846. The zero-order valence-electron chi connectivity index (χ0n) is 13.7. The van der Waals surface area contributed by atoms with E-state index in [1.807, 2.05) is 31.4 Å². The molecule has 1 spiro atoms. The first-order chi connectivity index (χ1) is 11.3. The average Bonchev–Trinajstić information content (AvgIpc) is 3.09. The van der Waals surface area contributed by atoms with Gasteiger partial charge in [0.15, 0.2) is 5.11 Å². The zero-order valence-corrected chi connectivity index (χ0v) is 15.3. The summed E-state index contributed by atoms with van der Waals surface area (Å²) in [5.41, 5.74) is 7.08. The molecular formula is C15H21N5O2S2. The van der Waals surface area contributed by atoms with Crippen LogP contribution >= 0.6 is 23.6 Å². The minimum Gasteiger partial charge on any atom is -0.622 e. The maximum absolute atomic E-state index is 13.4. The lowest BCUT2D eigenvalue weighted by Gasteiger charge is -2.38. The van der Waals surface area contributed by atoms with Gasteiger partial charge in [0, 0.05) is 6.42 Å². The second-order valence-electron chi connectivity index (χ2n) is 6.55. The van der Waals surface area contributed by atoms with Crippen molar-refractivity contribution in [3.05, 3.63) is 27.6 Å². The lowest BCUT2D eigenvalue weighted by Crippen LogP contribution is -2.61. The van der Waals surface area contributed by atoms with E-state index < -0.39 is 11.2 Å². The predicted molar refractivity (Wildman–Crippen MR) is 98.3 cm³/mol. The molecule has 0 saturated heterocycles. The van der Waals surface area contributed by atoms with Crippen molar-refractivity contribution in [2.75, 3.05) is 0 Å². The van der Waals surface area contributed by atoms with E-state index in [4.69, 9.17) is 18.0 Å². The zero-order chi connectivity index (χ0) is 17.5. The van der Waals surface area contributed by atoms with Crippen LogP contribution in [-0.4, -0.2) is 42.7 Å². The van der Waals surface area contributed by atoms with E-state index in [9.17, 15) is 10.4 Å². The Labute approximate surface area is 150 Å². The number of hydrazone groups is 1. The van der Waals surface area contributed by atoms with Gasteiger partial charge in [-0.25, -0.2) is 0 Å². The van der Waals surface area contributed by atoms with E-state index >= 15 is 0 Å². The molecule has 1 aromatic rings. The third-order valence-electron chi connectivity index (χ3n) is 4.71. The Morgan fingerprint density at radius 3 is 2.92 bits per heavy atom. The lowest BCUT2D eigenvalue weighted by molar-refractivity contribution is -0.568. The van der Waals surface area contributed by atoms with Gasteiger partial charge in [0.05, 0.1) is 4.88 Å². The third-order valence-corrected chi connectivity index (χ3v) is 5.67. The van der Waals surface area contributed by atoms with Crippen molar-refractivity contribution in [1.29, 1.82) is 0 Å². The quantitative estimate of drug-likeness (QED) is 0.320. The Morgan fingerprint density at radius 1 is 1.54 bits per heavy atom. The largest absolute Gasteiger partial charge is 0.622 e. The molecule has 2 aliphatic rings. The van der Waals surface area contributed by atoms with Gasteiger partial charge in [-0.2, -0.15) is 9.84 Å². The summed E-state index contributed by atoms with van der Waals surface area (Å²) in [5.74, 6) is 0. The van der Waals surface area contributed by atoms with E-state index in [2.05, 4.69) is 10.5 Å². The summed E-state index contributed by atoms with van der Waals surface area (Å²) >= 11 is 6.29. The van der Waals surface area contributed by atoms with Crippen LogP contribution in [-0.2, 0) is 0 Å². The summed E-state index contributed by atoms with van der Waals surface area (Å²) in [6.45, 7) is 3.68. The average molecular weight is 367 g/mol. The fraction of sp³-hybridized carbons (Fsp3) is 0.533. The molecule has 1 aromatic heterocycles. The van der Waals surface area contributed by atoms with Crippen LogP contribution in [0.4, 0.5) is 0 Å². The van der Waals surface area contributed by atoms with Gasteiger partial charge in [0.2, 0.25) is 5.71 Å². The molecule has 4 N–H and O–H groups in total. The highest BCUT2D eigenvalue weighted by atomic mass is 32.1. The molecular weight excluding hydrogens is 346 g/mol. The molecule has 1 saturated carbocycles. The van der Waals surface area contributed by atoms with E-state index in [0.29, 0.717) is 24.3 Å². The van der Waals surface area contributed by atoms with E-state index in [1.165, 1.54) is 11.3 Å². The van der Waals surface area contributed by atoms with Crippen LogP contribution in [0.1, 0.15) is 44.4 Å². The fourth-order valence-corrected chi connectivity index (χ4v) is 4.57. The van der Waals surface area contributed by atoms with Crippen LogP contribution in [0.25, 0.3) is 0 Å². The molecule has 0 bridgehead atoms. The first-order valence-corrected chi connectivity index (χ1v) is 9.11. The molecule has 7 nitrogen and oxygen atoms in total. The first kappa shape index (κ1) is 17.3. The molecule has 3 rings (SSSR count). The van der Waals surface area contributed by atoms with Crippen LogP contribution in [0.5, 0.6) is 0 Å². The Balaban J connectivity index is 2.17. The van der Waals surface area contributed by atoms with Gasteiger partial charge in [-0.05, 0) is 56.8 Å². The number of nitrogens with two attached hydrogens (primary N) is 1. The van der Waals surface area contributed by atoms with E-state index in [1.54, 1.807) is 0 Å². The maximum Gasteiger partial charge on any atom is 0.292 e. The number of thiophene rings is 1.